The number of halogens is 5. The highest BCUT2D eigenvalue weighted by atomic mass is 79.9. The number of alkyl halides is 4. The Bertz CT molecular complexity index is 436. The van der Waals surface area contributed by atoms with Crippen LogP contribution >= 0.6 is 27.5 Å². The number of hydrogen-bond donors (Lipinski definition) is 0. The van der Waals surface area contributed by atoms with E-state index < -0.39 is 22.4 Å². The molecule has 1 aromatic rings. The molecule has 0 aliphatic carbocycles. The average Bonchev–Trinajstić information content (AvgIpc) is 2.15. The second-order valence-electron chi connectivity index (χ2n) is 2.85. The molecule has 16 heavy (non-hydrogen) atoms. The fraction of sp³-hybridized carbons (Fsp3) is 0.250. The zero-order valence-electron chi connectivity index (χ0n) is 7.52. The molecule has 8 heteroatoms. The Hall–Kier alpha value is -0.820. The van der Waals surface area contributed by atoms with Gasteiger partial charge in [-0.1, -0.05) is 15.9 Å². The molecule has 0 unspecified atom stereocenters. The van der Waals surface area contributed by atoms with Crippen molar-refractivity contribution >= 4 is 33.2 Å². The Morgan fingerprint density at radius 2 is 2.00 bits per heavy atom. The van der Waals surface area contributed by atoms with Crippen molar-refractivity contribution in [1.82, 2.24) is 0 Å². The summed E-state index contributed by atoms with van der Waals surface area (Å²) in [4.78, 5) is 9.42. The molecule has 0 aliphatic rings. The summed E-state index contributed by atoms with van der Waals surface area (Å²) in [5.74, 6) is -0.112. The summed E-state index contributed by atoms with van der Waals surface area (Å²) in [5.41, 5.74) is -2.05. The predicted octanol–water partition coefficient (Wildman–Crippen LogP) is 4.11. The molecule has 0 radical (unpaired) electrons. The summed E-state index contributed by atoms with van der Waals surface area (Å²) in [6.45, 7) is 0. The molecule has 0 aliphatic heterocycles. The monoisotopic (exact) mass is 317 g/mol. The number of rotatable bonds is 2. The molecular formula is C8H4BrClF3NO2. The molecule has 0 saturated heterocycles. The maximum atomic E-state index is 12.5. The first-order chi connectivity index (χ1) is 7.27. The molecular weight excluding hydrogens is 314 g/mol. The average molecular weight is 318 g/mol. The fourth-order valence-corrected chi connectivity index (χ4v) is 1.95. The van der Waals surface area contributed by atoms with E-state index in [0.717, 1.165) is 6.07 Å². The van der Waals surface area contributed by atoms with Crippen LogP contribution in [0, 0.1) is 10.1 Å². The van der Waals surface area contributed by atoms with Gasteiger partial charge in [0, 0.05) is 16.4 Å². The summed E-state index contributed by atoms with van der Waals surface area (Å²) in [6, 6.07) is 1.48. The van der Waals surface area contributed by atoms with Crippen molar-refractivity contribution in [3.05, 3.63) is 37.8 Å². The van der Waals surface area contributed by atoms with Crippen LogP contribution in [-0.2, 0) is 12.1 Å². The van der Waals surface area contributed by atoms with Gasteiger partial charge in [0.15, 0.2) is 0 Å². The van der Waals surface area contributed by atoms with Crippen molar-refractivity contribution in [1.29, 1.82) is 0 Å². The van der Waals surface area contributed by atoms with Crippen molar-refractivity contribution in [3.8, 4) is 0 Å². The molecule has 1 rings (SSSR count). The second-order valence-corrected chi connectivity index (χ2v) is 3.97. The van der Waals surface area contributed by atoms with Crippen LogP contribution in [0.2, 0.25) is 0 Å². The van der Waals surface area contributed by atoms with E-state index in [9.17, 15) is 23.3 Å². The number of nitro groups is 1. The van der Waals surface area contributed by atoms with E-state index in [4.69, 9.17) is 11.6 Å². The molecule has 0 N–H and O–H groups in total. The third-order valence-electron chi connectivity index (χ3n) is 1.81. The quantitative estimate of drug-likeness (QED) is 0.468. The molecule has 1 aromatic carbocycles. The Balaban J connectivity index is 3.49. The van der Waals surface area contributed by atoms with E-state index in [1.807, 2.05) is 0 Å². The minimum atomic E-state index is -4.77. The largest absolute Gasteiger partial charge is 0.423 e. The van der Waals surface area contributed by atoms with E-state index in [1.165, 1.54) is 0 Å². The Morgan fingerprint density at radius 1 is 1.44 bits per heavy atom. The normalized spacial score (nSPS) is 11.6. The zero-order valence-corrected chi connectivity index (χ0v) is 9.86. The second kappa shape index (κ2) is 4.58. The third kappa shape index (κ3) is 2.65. The molecule has 0 atom stereocenters. The highest BCUT2D eigenvalue weighted by molar-refractivity contribution is 9.10. The van der Waals surface area contributed by atoms with Crippen LogP contribution in [0.4, 0.5) is 18.9 Å². The first-order valence-electron chi connectivity index (χ1n) is 3.87. The predicted molar refractivity (Wildman–Crippen MR) is 55.4 cm³/mol. The molecule has 0 bridgehead atoms. The molecule has 88 valence electrons. The summed E-state index contributed by atoms with van der Waals surface area (Å²) in [5, 5.41) is 10.5. The SMILES string of the molecule is O=[N+]([O-])c1cc(CCl)c(Br)cc1C(F)(F)F. The first kappa shape index (κ1) is 13.2. The van der Waals surface area contributed by atoms with Gasteiger partial charge >= 0.3 is 6.18 Å². The maximum Gasteiger partial charge on any atom is 0.423 e. The van der Waals surface area contributed by atoms with Gasteiger partial charge in [-0.3, -0.25) is 10.1 Å². The van der Waals surface area contributed by atoms with Crippen molar-refractivity contribution in [2.24, 2.45) is 0 Å². The summed E-state index contributed by atoms with van der Waals surface area (Å²) in [7, 11) is 0. The highest BCUT2D eigenvalue weighted by Crippen LogP contribution is 2.39. The van der Waals surface area contributed by atoms with Crippen molar-refractivity contribution < 1.29 is 18.1 Å². The lowest BCUT2D eigenvalue weighted by atomic mass is 10.1. The molecule has 0 spiro atoms. The number of nitro benzene ring substituents is 1. The Labute approximate surface area is 101 Å². The van der Waals surface area contributed by atoms with Gasteiger partial charge in [-0.2, -0.15) is 13.2 Å². The van der Waals surface area contributed by atoms with Gasteiger partial charge in [-0.15, -0.1) is 11.6 Å². The Morgan fingerprint density at radius 3 is 2.38 bits per heavy atom. The van der Waals surface area contributed by atoms with Gasteiger partial charge in [0.1, 0.15) is 5.56 Å². The molecule has 0 amide bonds. The first-order valence-corrected chi connectivity index (χ1v) is 5.20. The van der Waals surface area contributed by atoms with E-state index in [1.54, 1.807) is 0 Å². The molecule has 0 heterocycles. The third-order valence-corrected chi connectivity index (χ3v) is 2.84. The van der Waals surface area contributed by atoms with Gasteiger partial charge in [0.2, 0.25) is 0 Å². The fourth-order valence-electron chi connectivity index (χ4n) is 1.09. The van der Waals surface area contributed by atoms with Crippen LogP contribution in [0.15, 0.2) is 16.6 Å². The minimum Gasteiger partial charge on any atom is -0.258 e. The van der Waals surface area contributed by atoms with Gasteiger partial charge in [0.25, 0.3) is 5.69 Å². The topological polar surface area (TPSA) is 43.1 Å². The summed E-state index contributed by atoms with van der Waals surface area (Å²) in [6.07, 6.45) is -4.77. The van der Waals surface area contributed by atoms with Gasteiger partial charge < -0.3 is 0 Å². The number of nitrogens with zero attached hydrogens (tertiary/aromatic N) is 1. The standard InChI is InChI=1S/C8H4BrClF3NO2/c9-6-2-5(8(11,12)13)7(14(15)16)1-4(6)3-10/h1-2H,3H2. The highest BCUT2D eigenvalue weighted by Gasteiger charge is 2.38. The Kier molecular flexibility index (Phi) is 3.80. The van der Waals surface area contributed by atoms with Crippen LogP contribution in [-0.4, -0.2) is 4.92 Å². The summed E-state index contributed by atoms with van der Waals surface area (Å²) >= 11 is 8.32. The van der Waals surface area contributed by atoms with Crippen molar-refractivity contribution in [2.45, 2.75) is 12.1 Å². The molecule has 3 nitrogen and oxygen atoms in total. The van der Waals surface area contributed by atoms with Crippen molar-refractivity contribution in [2.75, 3.05) is 0 Å². The lowest BCUT2D eigenvalue weighted by Gasteiger charge is -2.09. The van der Waals surface area contributed by atoms with Crippen LogP contribution in [0.5, 0.6) is 0 Å². The van der Waals surface area contributed by atoms with Crippen LogP contribution in [0.25, 0.3) is 0 Å². The van der Waals surface area contributed by atoms with Gasteiger partial charge in [-0.05, 0) is 11.6 Å². The van der Waals surface area contributed by atoms with E-state index in [-0.39, 0.29) is 15.9 Å². The van der Waals surface area contributed by atoms with Crippen LogP contribution < -0.4 is 0 Å². The minimum absolute atomic E-state index is 0.0976. The van der Waals surface area contributed by atoms with Crippen LogP contribution in [0.1, 0.15) is 11.1 Å². The molecule has 0 aromatic heterocycles. The number of benzene rings is 1. The van der Waals surface area contributed by atoms with Gasteiger partial charge in [-0.25, -0.2) is 0 Å². The summed E-state index contributed by atoms with van der Waals surface area (Å²) < 4.78 is 37.5. The smallest absolute Gasteiger partial charge is 0.258 e. The van der Waals surface area contributed by atoms with E-state index in [2.05, 4.69) is 15.9 Å². The lowest BCUT2D eigenvalue weighted by Crippen LogP contribution is -2.09. The lowest BCUT2D eigenvalue weighted by molar-refractivity contribution is -0.388. The van der Waals surface area contributed by atoms with Crippen LogP contribution in [0.3, 0.4) is 0 Å². The molecule has 0 saturated carbocycles. The zero-order chi connectivity index (χ0) is 12.5. The van der Waals surface area contributed by atoms with E-state index in [0.29, 0.717) is 6.07 Å². The molecule has 0 fully saturated rings. The van der Waals surface area contributed by atoms with Gasteiger partial charge in [0.05, 0.1) is 4.92 Å². The van der Waals surface area contributed by atoms with Crippen molar-refractivity contribution in [3.63, 3.8) is 0 Å². The maximum absolute atomic E-state index is 12.5. The van der Waals surface area contributed by atoms with E-state index >= 15 is 0 Å². The number of hydrogen-bond acceptors (Lipinski definition) is 2.